The number of nitrogens with zero attached hydrogens (tertiary/aromatic N) is 3. The van der Waals surface area contributed by atoms with Crippen LogP contribution in [0.1, 0.15) is 26.3 Å². The molecule has 0 fully saturated rings. The average Bonchev–Trinajstić information content (AvgIpc) is 3.05. The summed E-state index contributed by atoms with van der Waals surface area (Å²) in [6.07, 6.45) is 0. The van der Waals surface area contributed by atoms with Gasteiger partial charge in [-0.3, -0.25) is 23.9 Å². The lowest BCUT2D eigenvalue weighted by Crippen LogP contribution is -2.32. The Hall–Kier alpha value is -3.71. The van der Waals surface area contributed by atoms with E-state index in [9.17, 15) is 14.4 Å². The summed E-state index contributed by atoms with van der Waals surface area (Å²) in [7, 11) is 0. The first-order valence-corrected chi connectivity index (χ1v) is 11.2. The molecule has 1 aliphatic rings. The molecule has 0 N–H and O–H groups in total. The number of thioether (sulfide) groups is 1. The van der Waals surface area contributed by atoms with Gasteiger partial charge in [-0.2, -0.15) is 0 Å². The Kier molecular flexibility index (Phi) is 5.11. The van der Waals surface area contributed by atoms with Crippen LogP contribution in [0.25, 0.3) is 16.6 Å². The van der Waals surface area contributed by atoms with Crippen molar-refractivity contribution in [1.82, 2.24) is 14.5 Å². The Morgan fingerprint density at radius 3 is 2.16 bits per heavy atom. The Labute approximate surface area is 188 Å². The van der Waals surface area contributed by atoms with Gasteiger partial charge in [-0.05, 0) is 42.8 Å². The molecule has 7 heteroatoms. The Morgan fingerprint density at radius 2 is 1.44 bits per heavy atom. The Balaban J connectivity index is 1.48. The number of aryl methyl sites for hydroxylation is 1. The molecule has 4 aromatic rings. The van der Waals surface area contributed by atoms with E-state index < -0.39 is 0 Å². The van der Waals surface area contributed by atoms with Gasteiger partial charge in [-0.15, -0.1) is 0 Å². The van der Waals surface area contributed by atoms with Gasteiger partial charge in [0.25, 0.3) is 17.4 Å². The van der Waals surface area contributed by atoms with Crippen LogP contribution in [0.2, 0.25) is 0 Å². The van der Waals surface area contributed by atoms with E-state index >= 15 is 0 Å². The molecule has 32 heavy (non-hydrogen) atoms. The number of carbonyl (C=O) groups excluding carboxylic acids is 2. The summed E-state index contributed by atoms with van der Waals surface area (Å²) in [5.74, 6) is -0.148. The third-order valence-electron chi connectivity index (χ3n) is 5.53. The summed E-state index contributed by atoms with van der Waals surface area (Å²) in [5, 5.41) is 1.07. The zero-order valence-electron chi connectivity index (χ0n) is 17.3. The van der Waals surface area contributed by atoms with Crippen LogP contribution in [0.3, 0.4) is 0 Å². The van der Waals surface area contributed by atoms with Crippen LogP contribution in [0.15, 0.2) is 82.7 Å². The molecule has 2 heterocycles. The summed E-state index contributed by atoms with van der Waals surface area (Å²) >= 11 is 1.35. The lowest BCUT2D eigenvalue weighted by molar-refractivity contribution is 0.0664. The van der Waals surface area contributed by atoms with Gasteiger partial charge < -0.3 is 0 Å². The van der Waals surface area contributed by atoms with Crippen LogP contribution in [-0.4, -0.2) is 38.6 Å². The number of aromatic nitrogens is 2. The van der Waals surface area contributed by atoms with Crippen molar-refractivity contribution in [3.8, 4) is 5.69 Å². The van der Waals surface area contributed by atoms with Crippen LogP contribution < -0.4 is 5.56 Å². The molecular weight excluding hydrogens is 422 g/mol. The second kappa shape index (κ2) is 8.09. The quantitative estimate of drug-likeness (QED) is 0.265. The highest BCUT2D eigenvalue weighted by Gasteiger charge is 2.34. The van der Waals surface area contributed by atoms with Gasteiger partial charge in [0, 0.05) is 12.3 Å². The SMILES string of the molecule is Cc1ccccc1-n1c(SCCN2C(=O)c3ccccc3C2=O)nc2ccccc2c1=O. The molecular formula is C25H19N3O3S. The molecule has 2 amide bonds. The van der Waals surface area contributed by atoms with E-state index in [1.165, 1.54) is 16.7 Å². The van der Waals surface area contributed by atoms with Crippen molar-refractivity contribution in [2.45, 2.75) is 12.1 Å². The van der Waals surface area contributed by atoms with Gasteiger partial charge >= 0.3 is 0 Å². The maximum atomic E-state index is 13.4. The number of hydrogen-bond donors (Lipinski definition) is 0. The van der Waals surface area contributed by atoms with Gasteiger partial charge in [0.05, 0.1) is 27.7 Å². The molecule has 0 atom stereocenters. The molecule has 0 saturated heterocycles. The first-order chi connectivity index (χ1) is 15.6. The van der Waals surface area contributed by atoms with E-state index in [0.717, 1.165) is 11.3 Å². The molecule has 0 saturated carbocycles. The van der Waals surface area contributed by atoms with E-state index in [-0.39, 0.29) is 23.9 Å². The highest BCUT2D eigenvalue weighted by molar-refractivity contribution is 7.99. The Morgan fingerprint density at radius 1 is 0.812 bits per heavy atom. The maximum absolute atomic E-state index is 13.4. The van der Waals surface area contributed by atoms with Crippen molar-refractivity contribution < 1.29 is 9.59 Å². The molecule has 0 spiro atoms. The summed E-state index contributed by atoms with van der Waals surface area (Å²) in [4.78, 5) is 44.6. The Bertz CT molecular complexity index is 1410. The van der Waals surface area contributed by atoms with E-state index in [0.29, 0.717) is 32.9 Å². The van der Waals surface area contributed by atoms with Gasteiger partial charge in [0.1, 0.15) is 0 Å². The third-order valence-corrected chi connectivity index (χ3v) is 6.44. The summed E-state index contributed by atoms with van der Waals surface area (Å²) in [6, 6.07) is 21.7. The number of amides is 2. The molecule has 1 aromatic heterocycles. The number of carbonyl (C=O) groups is 2. The van der Waals surface area contributed by atoms with E-state index in [4.69, 9.17) is 4.98 Å². The van der Waals surface area contributed by atoms with Gasteiger partial charge in [0.15, 0.2) is 5.16 Å². The lowest BCUT2D eigenvalue weighted by atomic mass is 10.1. The lowest BCUT2D eigenvalue weighted by Gasteiger charge is -2.17. The molecule has 3 aromatic carbocycles. The van der Waals surface area contributed by atoms with E-state index in [1.54, 1.807) is 34.9 Å². The first kappa shape index (κ1) is 20.2. The van der Waals surface area contributed by atoms with Crippen molar-refractivity contribution in [3.05, 3.63) is 99.8 Å². The molecule has 6 nitrogen and oxygen atoms in total. The van der Waals surface area contributed by atoms with Crippen LogP contribution in [0.5, 0.6) is 0 Å². The highest BCUT2D eigenvalue weighted by atomic mass is 32.2. The van der Waals surface area contributed by atoms with Gasteiger partial charge in [0.2, 0.25) is 0 Å². The van der Waals surface area contributed by atoms with Crippen LogP contribution in [-0.2, 0) is 0 Å². The van der Waals surface area contributed by atoms with Crippen molar-refractivity contribution in [1.29, 1.82) is 0 Å². The highest BCUT2D eigenvalue weighted by Crippen LogP contribution is 2.26. The number of hydrogen-bond acceptors (Lipinski definition) is 5. The number of fused-ring (bicyclic) bond motifs is 2. The van der Waals surface area contributed by atoms with Crippen LogP contribution in [0, 0.1) is 6.92 Å². The van der Waals surface area contributed by atoms with E-state index in [1.807, 2.05) is 49.4 Å². The number of imide groups is 1. The predicted molar refractivity (Wildman–Crippen MR) is 125 cm³/mol. The van der Waals surface area contributed by atoms with Crippen LogP contribution in [0.4, 0.5) is 0 Å². The molecule has 1 aliphatic heterocycles. The summed E-state index contributed by atoms with van der Waals surface area (Å²) in [5.41, 5.74) is 3.05. The van der Waals surface area contributed by atoms with Gasteiger partial charge in [-0.1, -0.05) is 54.2 Å². The number of para-hydroxylation sites is 2. The van der Waals surface area contributed by atoms with Gasteiger partial charge in [-0.25, -0.2) is 4.98 Å². The average molecular weight is 442 g/mol. The molecule has 5 rings (SSSR count). The number of benzene rings is 3. The fourth-order valence-corrected chi connectivity index (χ4v) is 4.84. The fraction of sp³-hybridized carbons (Fsp3) is 0.120. The second-order valence-corrected chi connectivity index (χ2v) is 8.56. The monoisotopic (exact) mass is 441 g/mol. The number of rotatable bonds is 5. The smallest absolute Gasteiger partial charge is 0.266 e. The standard InChI is InChI=1S/C25H19N3O3S/c1-16-8-2-7-13-21(16)28-24(31)19-11-5-6-12-20(19)26-25(28)32-15-14-27-22(29)17-9-3-4-10-18(17)23(27)30/h2-13H,14-15H2,1H3. The molecule has 0 bridgehead atoms. The molecule has 158 valence electrons. The van der Waals surface area contributed by atoms with Crippen molar-refractivity contribution in [2.24, 2.45) is 0 Å². The zero-order chi connectivity index (χ0) is 22.2. The minimum absolute atomic E-state index is 0.145. The fourth-order valence-electron chi connectivity index (χ4n) is 3.91. The third kappa shape index (κ3) is 3.31. The first-order valence-electron chi connectivity index (χ1n) is 10.2. The zero-order valence-corrected chi connectivity index (χ0v) is 18.1. The molecule has 0 unspecified atom stereocenters. The van der Waals surface area contributed by atoms with Crippen molar-refractivity contribution in [2.75, 3.05) is 12.3 Å². The minimum atomic E-state index is -0.283. The van der Waals surface area contributed by atoms with Crippen LogP contribution >= 0.6 is 11.8 Å². The van der Waals surface area contributed by atoms with E-state index in [2.05, 4.69) is 0 Å². The predicted octanol–water partition coefficient (Wildman–Crippen LogP) is 4.08. The maximum Gasteiger partial charge on any atom is 0.266 e. The van der Waals surface area contributed by atoms with Crippen molar-refractivity contribution in [3.63, 3.8) is 0 Å². The second-order valence-electron chi connectivity index (χ2n) is 7.49. The molecule has 0 aliphatic carbocycles. The topological polar surface area (TPSA) is 72.3 Å². The summed E-state index contributed by atoms with van der Waals surface area (Å²) in [6.45, 7) is 2.18. The normalized spacial score (nSPS) is 13.1. The van der Waals surface area contributed by atoms with Crippen molar-refractivity contribution >= 4 is 34.5 Å². The molecule has 0 radical (unpaired) electrons. The minimum Gasteiger partial charge on any atom is -0.273 e. The summed E-state index contributed by atoms with van der Waals surface area (Å²) < 4.78 is 1.62. The largest absolute Gasteiger partial charge is 0.273 e.